The van der Waals surface area contributed by atoms with E-state index in [1.54, 1.807) is 32.0 Å². The van der Waals surface area contributed by atoms with Crippen molar-refractivity contribution in [1.29, 1.82) is 0 Å². The van der Waals surface area contributed by atoms with Gasteiger partial charge in [-0.05, 0) is 47.4 Å². The number of nitrogens with one attached hydrogen (secondary N) is 2. The number of hydrogen-bond donors (Lipinski definition) is 4. The Balaban J connectivity index is 0.000000676. The first-order valence-electron chi connectivity index (χ1n) is 12.2. The van der Waals surface area contributed by atoms with Crippen LogP contribution in [0.4, 0.5) is 41.6 Å². The van der Waals surface area contributed by atoms with Crippen LogP contribution >= 0.6 is 11.3 Å². The summed E-state index contributed by atoms with van der Waals surface area (Å²) in [5.41, 5.74) is 0.683. The van der Waals surface area contributed by atoms with Crippen LogP contribution in [0.2, 0.25) is 0 Å². The molecule has 1 atom stereocenters. The third-order valence-corrected chi connectivity index (χ3v) is 6.63. The van der Waals surface area contributed by atoms with Gasteiger partial charge in [-0.2, -0.15) is 31.3 Å². The van der Waals surface area contributed by atoms with Crippen molar-refractivity contribution in [3.8, 4) is 11.1 Å². The highest BCUT2D eigenvalue weighted by molar-refractivity contribution is 7.22. The normalized spacial score (nSPS) is 12.3. The summed E-state index contributed by atoms with van der Waals surface area (Å²) >= 11 is 0.917. The van der Waals surface area contributed by atoms with Crippen molar-refractivity contribution < 1.29 is 55.3 Å². The lowest BCUT2D eigenvalue weighted by Gasteiger charge is -2.18. The number of halogens is 7. The van der Waals surface area contributed by atoms with Crippen LogP contribution in [0.5, 0.6) is 0 Å². The van der Waals surface area contributed by atoms with Crippen LogP contribution in [0.15, 0.2) is 54.7 Å². The minimum atomic E-state index is -5.08. The van der Waals surface area contributed by atoms with Gasteiger partial charge in [-0.15, -0.1) is 0 Å². The van der Waals surface area contributed by atoms with Gasteiger partial charge in [0.2, 0.25) is 0 Å². The third-order valence-electron chi connectivity index (χ3n) is 5.73. The number of aliphatic carboxylic acids is 2. The largest absolute Gasteiger partial charge is 0.490 e. The van der Waals surface area contributed by atoms with E-state index in [2.05, 4.69) is 20.6 Å². The number of carbonyl (C=O) groups is 3. The summed E-state index contributed by atoms with van der Waals surface area (Å²) in [4.78, 5) is 40.5. The highest BCUT2D eigenvalue weighted by atomic mass is 32.1. The molecule has 0 bridgehead atoms. The summed E-state index contributed by atoms with van der Waals surface area (Å²) in [6.07, 6.45) is -8.91. The number of anilines is 2. The number of thiazole rings is 1. The average Bonchev–Trinajstić information content (AvgIpc) is 3.33. The Morgan fingerprint density at radius 1 is 0.909 bits per heavy atom. The molecule has 2 aromatic heterocycles. The van der Waals surface area contributed by atoms with E-state index in [4.69, 9.17) is 9.90 Å². The molecule has 2 aromatic carbocycles. The van der Waals surface area contributed by atoms with E-state index in [1.807, 2.05) is 0 Å². The zero-order valence-corrected chi connectivity index (χ0v) is 23.2. The minimum absolute atomic E-state index is 0.0725. The van der Waals surface area contributed by atoms with Crippen LogP contribution < -0.4 is 10.6 Å². The number of carbonyl (C=O) groups excluding carboxylic acids is 1. The van der Waals surface area contributed by atoms with Crippen LogP contribution in [0, 0.1) is 11.7 Å². The van der Waals surface area contributed by atoms with Crippen molar-refractivity contribution in [2.75, 3.05) is 5.32 Å². The van der Waals surface area contributed by atoms with Gasteiger partial charge in [0, 0.05) is 11.8 Å². The second kappa shape index (κ2) is 13.2. The van der Waals surface area contributed by atoms with E-state index < -0.39 is 47.6 Å². The van der Waals surface area contributed by atoms with Gasteiger partial charge in [0.05, 0.1) is 16.0 Å². The lowest BCUT2D eigenvalue weighted by atomic mass is 10.0. The SMILES string of the molecule is CC(C)[C@H](NC(=O)c1ccc(-c2ccc(Nc3nc4ncc(C(F)(F)F)cc4s3)c(F)c2)cc1)C(=O)O.O=C(O)C(F)(F)F. The Hall–Kier alpha value is -4.80. The molecule has 0 radical (unpaired) electrons. The molecule has 0 saturated carbocycles. The first-order valence-corrected chi connectivity index (χ1v) is 13.0. The average molecular weight is 647 g/mol. The number of fused-ring (bicyclic) bond motifs is 1. The number of nitrogens with zero attached hydrogens (tertiary/aromatic N) is 2. The fourth-order valence-corrected chi connectivity index (χ4v) is 4.37. The molecule has 44 heavy (non-hydrogen) atoms. The number of carboxylic acids is 2. The molecule has 17 heteroatoms. The summed E-state index contributed by atoms with van der Waals surface area (Å²) in [6.45, 7) is 3.37. The molecule has 0 spiro atoms. The first kappa shape index (κ1) is 33.7. The molecule has 1 amide bonds. The molecule has 0 aliphatic carbocycles. The van der Waals surface area contributed by atoms with Gasteiger partial charge >= 0.3 is 24.3 Å². The number of carboxylic acid groups (broad SMARTS) is 2. The Morgan fingerprint density at radius 3 is 2.00 bits per heavy atom. The van der Waals surface area contributed by atoms with Crippen molar-refractivity contribution in [1.82, 2.24) is 15.3 Å². The van der Waals surface area contributed by atoms with E-state index in [0.29, 0.717) is 17.3 Å². The van der Waals surface area contributed by atoms with Crippen LogP contribution in [0.1, 0.15) is 29.8 Å². The quantitative estimate of drug-likeness (QED) is 0.162. The van der Waals surface area contributed by atoms with Crippen molar-refractivity contribution >= 4 is 50.3 Å². The van der Waals surface area contributed by atoms with Crippen molar-refractivity contribution in [2.24, 2.45) is 5.92 Å². The second-order valence-corrected chi connectivity index (χ2v) is 10.3. The smallest absolute Gasteiger partial charge is 0.480 e. The van der Waals surface area contributed by atoms with Gasteiger partial charge in [-0.1, -0.05) is 43.4 Å². The highest BCUT2D eigenvalue weighted by Crippen LogP contribution is 2.34. The molecule has 0 saturated heterocycles. The lowest BCUT2D eigenvalue weighted by molar-refractivity contribution is -0.192. The molecule has 9 nitrogen and oxygen atoms in total. The number of alkyl halides is 6. The van der Waals surface area contributed by atoms with E-state index in [0.717, 1.165) is 17.4 Å². The summed E-state index contributed by atoms with van der Waals surface area (Å²) < 4.78 is 85.5. The van der Waals surface area contributed by atoms with E-state index >= 15 is 0 Å². The summed E-state index contributed by atoms with van der Waals surface area (Å²) in [5, 5.41) is 21.8. The Labute approximate surface area is 247 Å². The molecule has 0 unspecified atom stereocenters. The number of pyridine rings is 1. The molecule has 234 valence electrons. The fraction of sp³-hybridized carbons (Fsp3) is 0.222. The molecule has 0 fully saturated rings. The van der Waals surface area contributed by atoms with Crippen molar-refractivity contribution in [3.05, 3.63) is 71.7 Å². The number of benzene rings is 2. The maximum Gasteiger partial charge on any atom is 0.490 e. The van der Waals surface area contributed by atoms with Gasteiger partial charge in [0.1, 0.15) is 11.9 Å². The molecule has 2 heterocycles. The molecule has 0 aliphatic rings. The zero-order chi connectivity index (χ0) is 33.0. The topological polar surface area (TPSA) is 142 Å². The zero-order valence-electron chi connectivity index (χ0n) is 22.4. The summed E-state index contributed by atoms with van der Waals surface area (Å²) in [6, 6.07) is 10.5. The lowest BCUT2D eigenvalue weighted by Crippen LogP contribution is -2.44. The predicted molar refractivity (Wildman–Crippen MR) is 145 cm³/mol. The Kier molecular flexibility index (Phi) is 10.1. The van der Waals surface area contributed by atoms with E-state index in [1.165, 1.54) is 24.3 Å². The summed E-state index contributed by atoms with van der Waals surface area (Å²) in [5.74, 6) is -5.34. The van der Waals surface area contributed by atoms with Gasteiger partial charge in [-0.3, -0.25) is 4.79 Å². The molecular formula is C27H21F7N4O5S. The van der Waals surface area contributed by atoms with Crippen LogP contribution in [0.3, 0.4) is 0 Å². The van der Waals surface area contributed by atoms with Crippen LogP contribution in [-0.4, -0.2) is 50.2 Å². The van der Waals surface area contributed by atoms with Crippen molar-refractivity contribution in [3.63, 3.8) is 0 Å². The van der Waals surface area contributed by atoms with E-state index in [-0.39, 0.29) is 32.6 Å². The monoisotopic (exact) mass is 646 g/mol. The summed E-state index contributed by atoms with van der Waals surface area (Å²) in [7, 11) is 0. The molecular weight excluding hydrogens is 625 g/mol. The Bertz CT molecular complexity index is 1670. The highest BCUT2D eigenvalue weighted by Gasteiger charge is 2.38. The second-order valence-electron chi connectivity index (χ2n) is 9.30. The van der Waals surface area contributed by atoms with Gasteiger partial charge in [0.15, 0.2) is 10.8 Å². The standard InChI is InChI=1S/C25H20F4N4O3S.C2HF3O2/c1-12(2)20(23(35)36)32-22(34)14-5-3-13(4-6-14)15-7-8-18(17(26)9-15)31-24-33-21-19(37-24)10-16(11-30-21)25(27,28)29;3-2(4,5)1(6)7/h3-12,20H,1-2H3,(H,32,34)(H,35,36)(H,30,31,33);(H,6,7)/t20-;/m0./s1. The molecule has 0 aliphatic heterocycles. The number of aromatic nitrogens is 2. The number of rotatable bonds is 7. The molecule has 4 aromatic rings. The Morgan fingerprint density at radius 2 is 1.50 bits per heavy atom. The predicted octanol–water partition coefficient (Wildman–Crippen LogP) is 6.73. The number of amides is 1. The maximum atomic E-state index is 14.8. The third kappa shape index (κ3) is 8.62. The molecule has 4 rings (SSSR count). The van der Waals surface area contributed by atoms with E-state index in [9.17, 15) is 45.4 Å². The maximum absolute atomic E-state index is 14.8. The van der Waals surface area contributed by atoms with Crippen molar-refractivity contribution in [2.45, 2.75) is 32.2 Å². The van der Waals surface area contributed by atoms with Gasteiger partial charge < -0.3 is 20.8 Å². The number of hydrogen-bond acceptors (Lipinski definition) is 7. The van der Waals surface area contributed by atoms with Gasteiger partial charge in [-0.25, -0.2) is 19.0 Å². The molecule has 4 N–H and O–H groups in total. The minimum Gasteiger partial charge on any atom is -0.480 e. The first-order chi connectivity index (χ1) is 20.4. The fourth-order valence-electron chi connectivity index (χ4n) is 3.49. The van der Waals surface area contributed by atoms with Crippen LogP contribution in [0.25, 0.3) is 21.5 Å². The van der Waals surface area contributed by atoms with Gasteiger partial charge in [0.25, 0.3) is 5.91 Å². The van der Waals surface area contributed by atoms with Crippen LogP contribution in [-0.2, 0) is 15.8 Å².